The van der Waals surface area contributed by atoms with Gasteiger partial charge in [-0.1, -0.05) is 49.6 Å². The predicted octanol–water partition coefficient (Wildman–Crippen LogP) is 2.33. The molecule has 1 aliphatic carbocycles. The Morgan fingerprint density at radius 1 is 1.12 bits per heavy atom. The molecule has 0 heterocycles. The third-order valence-electron chi connectivity index (χ3n) is 4.52. The molecule has 0 bridgehead atoms. The van der Waals surface area contributed by atoms with Crippen LogP contribution in [0.25, 0.3) is 0 Å². The van der Waals surface area contributed by atoms with E-state index >= 15 is 0 Å². The van der Waals surface area contributed by atoms with Crippen LogP contribution in [-0.2, 0) is 21.2 Å². The third-order valence-corrected chi connectivity index (χ3v) is 5.82. The van der Waals surface area contributed by atoms with Gasteiger partial charge in [-0.05, 0) is 24.8 Å². The van der Waals surface area contributed by atoms with Crippen LogP contribution in [-0.4, -0.2) is 44.0 Å². The molecule has 2 rings (SSSR count). The zero-order valence-corrected chi connectivity index (χ0v) is 15.2. The second-order valence-electron chi connectivity index (χ2n) is 6.55. The fourth-order valence-electron chi connectivity index (χ4n) is 3.11. The molecule has 1 aliphatic rings. The maximum atomic E-state index is 12.1. The fraction of sp³-hybridized carbons (Fsp3) is 0.611. The summed E-state index contributed by atoms with van der Waals surface area (Å²) in [4.78, 5) is 12.1. The van der Waals surface area contributed by atoms with E-state index < -0.39 is 10.0 Å². The maximum Gasteiger partial charge on any atom is 0.221 e. The van der Waals surface area contributed by atoms with Crippen molar-refractivity contribution >= 4 is 15.9 Å². The summed E-state index contributed by atoms with van der Waals surface area (Å²) in [6, 6.07) is 10.1. The molecule has 0 radical (unpaired) electrons. The fourth-order valence-corrected chi connectivity index (χ4v) is 3.96. The molecule has 0 aromatic heterocycles. The van der Waals surface area contributed by atoms with Crippen molar-refractivity contribution in [3.8, 4) is 0 Å². The summed E-state index contributed by atoms with van der Waals surface area (Å²) in [5, 5.41) is 3.04. The van der Waals surface area contributed by atoms with Gasteiger partial charge in [-0.2, -0.15) is 0 Å². The zero-order chi connectivity index (χ0) is 17.4. The summed E-state index contributed by atoms with van der Waals surface area (Å²) >= 11 is 0. The molecule has 0 spiro atoms. The molecule has 1 fully saturated rings. The quantitative estimate of drug-likeness (QED) is 0.781. The number of rotatable bonds is 8. The van der Waals surface area contributed by atoms with E-state index in [1.807, 2.05) is 30.3 Å². The van der Waals surface area contributed by atoms with Crippen molar-refractivity contribution in [2.24, 2.45) is 0 Å². The van der Waals surface area contributed by atoms with E-state index in [1.54, 1.807) is 0 Å². The molecule has 0 atom stereocenters. The van der Waals surface area contributed by atoms with Crippen molar-refractivity contribution in [1.82, 2.24) is 9.62 Å². The summed E-state index contributed by atoms with van der Waals surface area (Å²) in [6.45, 7) is 0.643. The zero-order valence-electron chi connectivity index (χ0n) is 14.4. The summed E-state index contributed by atoms with van der Waals surface area (Å²) in [7, 11) is -3.31. The number of nitrogens with one attached hydrogen (secondary N) is 1. The number of hydrogen-bond donors (Lipinski definition) is 1. The molecule has 1 saturated carbocycles. The first-order chi connectivity index (χ1) is 11.4. The smallest absolute Gasteiger partial charge is 0.221 e. The van der Waals surface area contributed by atoms with E-state index in [4.69, 9.17) is 0 Å². The van der Waals surface area contributed by atoms with Crippen LogP contribution in [0.5, 0.6) is 0 Å². The van der Waals surface area contributed by atoms with Crippen LogP contribution in [0.2, 0.25) is 0 Å². The third kappa shape index (κ3) is 6.61. The first-order valence-electron chi connectivity index (χ1n) is 8.73. The van der Waals surface area contributed by atoms with Gasteiger partial charge in [0.05, 0.1) is 6.26 Å². The van der Waals surface area contributed by atoms with Gasteiger partial charge in [-0.25, -0.2) is 12.7 Å². The number of sulfonamides is 1. The van der Waals surface area contributed by atoms with Crippen molar-refractivity contribution in [3.63, 3.8) is 0 Å². The van der Waals surface area contributed by atoms with E-state index in [9.17, 15) is 13.2 Å². The van der Waals surface area contributed by atoms with Gasteiger partial charge in [0.15, 0.2) is 0 Å². The van der Waals surface area contributed by atoms with E-state index in [2.05, 4.69) is 5.32 Å². The second kappa shape index (κ2) is 9.18. The highest BCUT2D eigenvalue weighted by Gasteiger charge is 2.20. The van der Waals surface area contributed by atoms with Gasteiger partial charge in [0.2, 0.25) is 15.9 Å². The van der Waals surface area contributed by atoms with Crippen LogP contribution in [0, 0.1) is 0 Å². The number of carbonyl (C=O) groups is 1. The Balaban J connectivity index is 1.81. The Morgan fingerprint density at radius 2 is 1.79 bits per heavy atom. The lowest BCUT2D eigenvalue weighted by molar-refractivity contribution is -0.122. The molecule has 1 aromatic carbocycles. The standard InChI is InChI=1S/C18H28N2O3S/c1-24(22,23)20(14-12-16-8-4-2-5-9-16)15-13-18(21)19-17-10-6-3-7-11-17/h2,4-5,8-9,17H,3,6-7,10-15H2,1H3,(H,19,21). The van der Waals surface area contributed by atoms with Crippen LogP contribution in [0.3, 0.4) is 0 Å². The Hall–Kier alpha value is -1.40. The van der Waals surface area contributed by atoms with E-state index in [-0.39, 0.29) is 24.9 Å². The van der Waals surface area contributed by atoms with Gasteiger partial charge in [-0.3, -0.25) is 4.79 Å². The van der Waals surface area contributed by atoms with Gasteiger partial charge < -0.3 is 5.32 Å². The normalized spacial score (nSPS) is 16.2. The minimum atomic E-state index is -3.31. The Morgan fingerprint density at radius 3 is 2.42 bits per heavy atom. The van der Waals surface area contributed by atoms with Crippen molar-refractivity contribution in [2.75, 3.05) is 19.3 Å². The molecule has 5 nitrogen and oxygen atoms in total. The molecule has 0 unspecified atom stereocenters. The Kier molecular flexibility index (Phi) is 7.24. The molecule has 1 amide bonds. The van der Waals surface area contributed by atoms with E-state index in [0.29, 0.717) is 13.0 Å². The molecule has 1 aromatic rings. The lowest BCUT2D eigenvalue weighted by Gasteiger charge is -2.24. The minimum absolute atomic E-state index is 0.0461. The molecule has 24 heavy (non-hydrogen) atoms. The summed E-state index contributed by atoms with van der Waals surface area (Å²) in [5.74, 6) is -0.0461. The number of nitrogens with zero attached hydrogens (tertiary/aromatic N) is 1. The number of carbonyl (C=O) groups excluding carboxylic acids is 1. The predicted molar refractivity (Wildman–Crippen MR) is 96.2 cm³/mol. The van der Waals surface area contributed by atoms with Gasteiger partial charge in [0.25, 0.3) is 0 Å². The summed E-state index contributed by atoms with van der Waals surface area (Å²) in [6.07, 6.45) is 7.72. The Labute approximate surface area is 145 Å². The van der Waals surface area contributed by atoms with Crippen molar-refractivity contribution < 1.29 is 13.2 Å². The molecule has 134 valence electrons. The number of amides is 1. The number of benzene rings is 1. The number of hydrogen-bond acceptors (Lipinski definition) is 3. The van der Waals surface area contributed by atoms with Crippen LogP contribution in [0.1, 0.15) is 44.1 Å². The van der Waals surface area contributed by atoms with Crippen LogP contribution >= 0.6 is 0 Å². The topological polar surface area (TPSA) is 66.5 Å². The monoisotopic (exact) mass is 352 g/mol. The molecule has 0 saturated heterocycles. The lowest BCUT2D eigenvalue weighted by atomic mass is 9.95. The van der Waals surface area contributed by atoms with Gasteiger partial charge in [-0.15, -0.1) is 0 Å². The highest BCUT2D eigenvalue weighted by atomic mass is 32.2. The van der Waals surface area contributed by atoms with Crippen molar-refractivity contribution in [3.05, 3.63) is 35.9 Å². The average Bonchev–Trinajstić information content (AvgIpc) is 2.55. The molecular formula is C18H28N2O3S. The van der Waals surface area contributed by atoms with Gasteiger partial charge in [0.1, 0.15) is 0 Å². The van der Waals surface area contributed by atoms with Gasteiger partial charge >= 0.3 is 0 Å². The van der Waals surface area contributed by atoms with Gasteiger partial charge in [0, 0.05) is 25.6 Å². The lowest BCUT2D eigenvalue weighted by Crippen LogP contribution is -2.39. The molecule has 0 aliphatic heterocycles. The van der Waals surface area contributed by atoms with Crippen molar-refractivity contribution in [2.45, 2.75) is 51.0 Å². The first-order valence-corrected chi connectivity index (χ1v) is 10.6. The van der Waals surface area contributed by atoms with Crippen LogP contribution < -0.4 is 5.32 Å². The highest BCUT2D eigenvalue weighted by Crippen LogP contribution is 2.17. The second-order valence-corrected chi connectivity index (χ2v) is 8.53. The highest BCUT2D eigenvalue weighted by molar-refractivity contribution is 7.88. The largest absolute Gasteiger partial charge is 0.353 e. The van der Waals surface area contributed by atoms with Crippen LogP contribution in [0.15, 0.2) is 30.3 Å². The summed E-state index contributed by atoms with van der Waals surface area (Å²) in [5.41, 5.74) is 1.10. The van der Waals surface area contributed by atoms with E-state index in [0.717, 1.165) is 31.2 Å². The Bertz CT molecular complexity index is 610. The molecule has 1 N–H and O–H groups in total. The van der Waals surface area contributed by atoms with E-state index in [1.165, 1.54) is 17.0 Å². The first kappa shape index (κ1) is 18.9. The molecular weight excluding hydrogens is 324 g/mol. The van der Waals surface area contributed by atoms with Crippen molar-refractivity contribution in [1.29, 1.82) is 0 Å². The minimum Gasteiger partial charge on any atom is -0.353 e. The maximum absolute atomic E-state index is 12.1. The SMILES string of the molecule is CS(=O)(=O)N(CCC(=O)NC1CCCCC1)CCc1ccccc1. The summed E-state index contributed by atoms with van der Waals surface area (Å²) < 4.78 is 25.3. The van der Waals surface area contributed by atoms with Crippen LogP contribution in [0.4, 0.5) is 0 Å². The molecule has 6 heteroatoms. The average molecular weight is 353 g/mol.